The molecule has 4 aromatic carbocycles. The number of hydrogen-bond donors (Lipinski definition) is 1. The Bertz CT molecular complexity index is 1530. The van der Waals surface area contributed by atoms with Crippen LogP contribution in [-0.2, 0) is 0 Å². The second kappa shape index (κ2) is 11.0. The largest absolute Gasteiger partial charge is 0.507 e. The standard InChI is InChI=1S/C31H24Cl2O6/c1-37-21-9-3-17(4-10-21)27(29(35)23-15-19(32)7-13-25(23)34)28-30(36)24-16-20(33)8-14-26(24)39-31(28)18-5-11-22(38-2)12-6-18/h3-16,27-28,31,34H,1-2H3/t27-,28+,31-/m1/s1. The minimum atomic E-state index is -1.05. The van der Waals surface area contributed by atoms with Gasteiger partial charge in [0, 0.05) is 10.0 Å². The quantitative estimate of drug-likeness (QED) is 0.238. The molecule has 0 spiro atoms. The van der Waals surface area contributed by atoms with Crippen molar-refractivity contribution in [1.82, 2.24) is 0 Å². The molecule has 0 bridgehead atoms. The fourth-order valence-electron chi connectivity index (χ4n) is 4.93. The summed E-state index contributed by atoms with van der Waals surface area (Å²) in [6.45, 7) is 0. The van der Waals surface area contributed by atoms with Crippen molar-refractivity contribution < 1.29 is 28.9 Å². The van der Waals surface area contributed by atoms with Crippen molar-refractivity contribution in [2.24, 2.45) is 5.92 Å². The molecule has 1 N–H and O–H groups in total. The van der Waals surface area contributed by atoms with E-state index in [0.29, 0.717) is 33.4 Å². The molecule has 0 aromatic heterocycles. The molecule has 0 radical (unpaired) electrons. The molecule has 39 heavy (non-hydrogen) atoms. The van der Waals surface area contributed by atoms with Crippen LogP contribution in [-0.4, -0.2) is 30.9 Å². The number of phenolic OH excluding ortho intramolecular Hbond substituents is 1. The summed E-state index contributed by atoms with van der Waals surface area (Å²) in [6, 6.07) is 23.1. The number of Topliss-reactive ketones (excluding diaryl/α,β-unsaturated/α-hetero) is 2. The maximum atomic E-state index is 14.3. The Morgan fingerprint density at radius 2 is 1.44 bits per heavy atom. The van der Waals surface area contributed by atoms with Crippen LogP contribution in [0.1, 0.15) is 43.9 Å². The molecular weight excluding hydrogens is 539 g/mol. The van der Waals surface area contributed by atoms with E-state index in [1.807, 2.05) is 0 Å². The lowest BCUT2D eigenvalue weighted by molar-refractivity contribution is 0.0548. The Labute approximate surface area is 235 Å². The van der Waals surface area contributed by atoms with Crippen LogP contribution in [0.3, 0.4) is 0 Å². The zero-order chi connectivity index (χ0) is 27.7. The molecule has 0 fully saturated rings. The van der Waals surface area contributed by atoms with Gasteiger partial charge in [0.15, 0.2) is 11.6 Å². The zero-order valence-corrected chi connectivity index (χ0v) is 22.6. The van der Waals surface area contributed by atoms with Crippen molar-refractivity contribution in [2.75, 3.05) is 14.2 Å². The van der Waals surface area contributed by atoms with Gasteiger partial charge < -0.3 is 19.3 Å². The van der Waals surface area contributed by atoms with Crippen LogP contribution in [0.25, 0.3) is 0 Å². The SMILES string of the molecule is COc1ccc([C@H]2Oc3ccc(Cl)cc3C(=O)[C@@H]2[C@H](C(=O)c2cc(Cl)ccc2O)c2ccc(OC)cc2)cc1. The number of carbonyl (C=O) groups is 2. The zero-order valence-electron chi connectivity index (χ0n) is 21.1. The summed E-state index contributed by atoms with van der Waals surface area (Å²) >= 11 is 12.5. The second-order valence-electron chi connectivity index (χ2n) is 9.12. The van der Waals surface area contributed by atoms with Crippen LogP contribution in [0.15, 0.2) is 84.9 Å². The molecule has 8 heteroatoms. The predicted molar refractivity (Wildman–Crippen MR) is 149 cm³/mol. The highest BCUT2D eigenvalue weighted by Gasteiger charge is 2.47. The maximum Gasteiger partial charge on any atom is 0.174 e. The van der Waals surface area contributed by atoms with Gasteiger partial charge in [0.25, 0.3) is 0 Å². The number of carbonyl (C=O) groups excluding carboxylic acids is 2. The van der Waals surface area contributed by atoms with E-state index in [9.17, 15) is 14.7 Å². The number of phenols is 1. The molecule has 5 rings (SSSR count). The van der Waals surface area contributed by atoms with Gasteiger partial charge in [-0.3, -0.25) is 9.59 Å². The first-order chi connectivity index (χ1) is 18.8. The van der Waals surface area contributed by atoms with Crippen molar-refractivity contribution >= 4 is 34.8 Å². The first kappa shape index (κ1) is 26.6. The van der Waals surface area contributed by atoms with Gasteiger partial charge in [0.05, 0.1) is 37.2 Å². The van der Waals surface area contributed by atoms with E-state index in [1.165, 1.54) is 18.2 Å². The Morgan fingerprint density at radius 1 is 0.846 bits per heavy atom. The minimum absolute atomic E-state index is 0.00138. The Balaban J connectivity index is 1.72. The highest BCUT2D eigenvalue weighted by Crippen LogP contribution is 2.47. The topological polar surface area (TPSA) is 82.1 Å². The summed E-state index contributed by atoms with van der Waals surface area (Å²) in [7, 11) is 3.11. The van der Waals surface area contributed by atoms with Crippen molar-refractivity contribution in [3.05, 3.63) is 117 Å². The first-order valence-electron chi connectivity index (χ1n) is 12.1. The molecular formula is C31H24Cl2O6. The van der Waals surface area contributed by atoms with Crippen molar-refractivity contribution in [3.63, 3.8) is 0 Å². The van der Waals surface area contributed by atoms with Gasteiger partial charge in [-0.25, -0.2) is 0 Å². The number of rotatable bonds is 7. The van der Waals surface area contributed by atoms with E-state index >= 15 is 0 Å². The summed E-state index contributed by atoms with van der Waals surface area (Å²) < 4.78 is 17.0. The van der Waals surface area contributed by atoms with Crippen LogP contribution in [0.4, 0.5) is 0 Å². The molecule has 0 aliphatic carbocycles. The third kappa shape index (κ3) is 5.18. The van der Waals surface area contributed by atoms with E-state index < -0.39 is 23.7 Å². The normalized spacial score (nSPS) is 17.1. The molecule has 0 saturated heterocycles. The van der Waals surface area contributed by atoms with Crippen LogP contribution < -0.4 is 14.2 Å². The van der Waals surface area contributed by atoms with Crippen LogP contribution >= 0.6 is 23.2 Å². The van der Waals surface area contributed by atoms with E-state index in [2.05, 4.69) is 0 Å². The smallest absolute Gasteiger partial charge is 0.174 e. The number of methoxy groups -OCH3 is 2. The van der Waals surface area contributed by atoms with Gasteiger partial charge in [0.1, 0.15) is 29.1 Å². The highest BCUT2D eigenvalue weighted by atomic mass is 35.5. The Hall–Kier alpha value is -4.00. The van der Waals surface area contributed by atoms with Gasteiger partial charge in [-0.05, 0) is 71.8 Å². The number of halogens is 2. The maximum absolute atomic E-state index is 14.3. The molecule has 6 nitrogen and oxygen atoms in total. The van der Waals surface area contributed by atoms with E-state index in [1.54, 1.807) is 80.9 Å². The third-order valence-electron chi connectivity index (χ3n) is 6.87. The first-order valence-corrected chi connectivity index (χ1v) is 12.9. The van der Waals surface area contributed by atoms with Crippen molar-refractivity contribution in [1.29, 1.82) is 0 Å². The molecule has 0 unspecified atom stereocenters. The van der Waals surface area contributed by atoms with Gasteiger partial charge in [0.2, 0.25) is 0 Å². The van der Waals surface area contributed by atoms with Crippen molar-refractivity contribution in [3.8, 4) is 23.0 Å². The number of fused-ring (bicyclic) bond motifs is 1. The monoisotopic (exact) mass is 562 g/mol. The highest BCUT2D eigenvalue weighted by molar-refractivity contribution is 6.31. The van der Waals surface area contributed by atoms with E-state index in [-0.39, 0.29) is 27.7 Å². The fourth-order valence-corrected chi connectivity index (χ4v) is 5.27. The molecule has 198 valence electrons. The molecule has 0 amide bonds. The van der Waals surface area contributed by atoms with Crippen LogP contribution in [0.2, 0.25) is 10.0 Å². The van der Waals surface area contributed by atoms with Crippen LogP contribution in [0, 0.1) is 5.92 Å². The summed E-state index contributed by atoms with van der Waals surface area (Å²) in [5.74, 6) is -1.50. The molecule has 0 saturated carbocycles. The summed E-state index contributed by atoms with van der Waals surface area (Å²) in [6.07, 6.45) is -0.838. The second-order valence-corrected chi connectivity index (χ2v) is 9.99. The molecule has 1 aliphatic heterocycles. The predicted octanol–water partition coefficient (Wildman–Crippen LogP) is 7.32. The number of ether oxygens (including phenoxy) is 3. The summed E-state index contributed by atoms with van der Waals surface area (Å²) in [5.41, 5.74) is 1.50. The number of aromatic hydroxyl groups is 1. The summed E-state index contributed by atoms with van der Waals surface area (Å²) in [5, 5.41) is 11.3. The van der Waals surface area contributed by atoms with Crippen molar-refractivity contribution in [2.45, 2.75) is 12.0 Å². The lowest BCUT2D eigenvalue weighted by Gasteiger charge is -2.37. The lowest BCUT2D eigenvalue weighted by Crippen LogP contribution is -2.39. The average molecular weight is 563 g/mol. The Kier molecular flexibility index (Phi) is 7.51. The van der Waals surface area contributed by atoms with Gasteiger partial charge in [-0.15, -0.1) is 0 Å². The van der Waals surface area contributed by atoms with E-state index in [0.717, 1.165) is 0 Å². The lowest BCUT2D eigenvalue weighted by atomic mass is 9.71. The molecule has 1 heterocycles. The van der Waals surface area contributed by atoms with Gasteiger partial charge >= 0.3 is 0 Å². The fraction of sp³-hybridized carbons (Fsp3) is 0.161. The third-order valence-corrected chi connectivity index (χ3v) is 7.35. The Morgan fingerprint density at radius 3 is 2.08 bits per heavy atom. The average Bonchev–Trinajstić information content (AvgIpc) is 2.96. The minimum Gasteiger partial charge on any atom is -0.507 e. The van der Waals surface area contributed by atoms with E-state index in [4.69, 9.17) is 37.4 Å². The summed E-state index contributed by atoms with van der Waals surface area (Å²) in [4.78, 5) is 28.5. The number of benzene rings is 4. The van der Waals surface area contributed by atoms with Gasteiger partial charge in [-0.2, -0.15) is 0 Å². The number of hydrogen-bond acceptors (Lipinski definition) is 6. The molecule has 4 aromatic rings. The molecule has 3 atom stereocenters. The van der Waals surface area contributed by atoms with Crippen LogP contribution in [0.5, 0.6) is 23.0 Å². The van der Waals surface area contributed by atoms with Gasteiger partial charge in [-0.1, -0.05) is 47.5 Å². The number of ketones is 2. The molecule has 1 aliphatic rings.